The maximum atomic E-state index is 11.8. The quantitative estimate of drug-likeness (QED) is 0.740. The van der Waals surface area contributed by atoms with Crippen molar-refractivity contribution < 1.29 is 9.53 Å². The number of nitrogens with zero attached hydrogens (tertiary/aromatic N) is 3. The molecule has 0 radical (unpaired) electrons. The first-order chi connectivity index (χ1) is 9.31. The minimum Gasteiger partial charge on any atom is -0.370 e. The second kappa shape index (κ2) is 7.06. The summed E-state index contributed by atoms with van der Waals surface area (Å²) < 4.78 is 5.17. The summed E-state index contributed by atoms with van der Waals surface area (Å²) in [6.45, 7) is 4.03. The second-order valence-electron chi connectivity index (χ2n) is 4.40. The van der Waals surface area contributed by atoms with Crippen LogP contribution in [0.25, 0.3) is 0 Å². The van der Waals surface area contributed by atoms with Gasteiger partial charge in [-0.15, -0.1) is 0 Å². The number of nitrogens with two attached hydrogens (primary N) is 1. The molecular weight excluding hydrogens is 244 g/mol. The number of ether oxygens (including phenoxy) is 1. The SMILES string of the molecule is NCCOCC(=O)N1CCN(c2ccccn2)CC1. The fourth-order valence-electron chi connectivity index (χ4n) is 2.06. The number of carbonyl (C=O) groups is 1. The number of amides is 1. The summed E-state index contributed by atoms with van der Waals surface area (Å²) in [5.74, 6) is 1.00. The minimum atomic E-state index is 0.0362. The van der Waals surface area contributed by atoms with Gasteiger partial charge in [0.2, 0.25) is 5.91 Å². The average molecular weight is 264 g/mol. The number of piperazine rings is 1. The Kier molecular flexibility index (Phi) is 5.11. The zero-order valence-electron chi connectivity index (χ0n) is 11.0. The van der Waals surface area contributed by atoms with Crippen molar-refractivity contribution in [2.45, 2.75) is 0 Å². The second-order valence-corrected chi connectivity index (χ2v) is 4.40. The first-order valence-electron chi connectivity index (χ1n) is 6.53. The third kappa shape index (κ3) is 3.90. The highest BCUT2D eigenvalue weighted by Gasteiger charge is 2.21. The first-order valence-corrected chi connectivity index (χ1v) is 6.53. The van der Waals surface area contributed by atoms with E-state index in [0.717, 1.165) is 18.9 Å². The van der Waals surface area contributed by atoms with Gasteiger partial charge in [-0.05, 0) is 12.1 Å². The molecule has 1 fully saturated rings. The van der Waals surface area contributed by atoms with E-state index in [1.807, 2.05) is 23.1 Å². The fraction of sp³-hybridized carbons (Fsp3) is 0.538. The van der Waals surface area contributed by atoms with Gasteiger partial charge in [0.25, 0.3) is 0 Å². The number of carbonyl (C=O) groups excluding carboxylic acids is 1. The van der Waals surface area contributed by atoms with Gasteiger partial charge in [-0.3, -0.25) is 4.79 Å². The first kappa shape index (κ1) is 13.8. The van der Waals surface area contributed by atoms with Crippen LogP contribution in [0.2, 0.25) is 0 Å². The van der Waals surface area contributed by atoms with Gasteiger partial charge in [0, 0.05) is 38.9 Å². The van der Waals surface area contributed by atoms with E-state index < -0.39 is 0 Å². The Morgan fingerprint density at radius 2 is 2.11 bits per heavy atom. The summed E-state index contributed by atoms with van der Waals surface area (Å²) in [5.41, 5.74) is 5.31. The number of anilines is 1. The van der Waals surface area contributed by atoms with E-state index in [9.17, 15) is 4.79 Å². The molecule has 1 saturated heterocycles. The molecule has 104 valence electrons. The Hall–Kier alpha value is -1.66. The molecule has 0 spiro atoms. The van der Waals surface area contributed by atoms with Gasteiger partial charge >= 0.3 is 0 Å². The van der Waals surface area contributed by atoms with Gasteiger partial charge in [-0.25, -0.2) is 4.98 Å². The van der Waals surface area contributed by atoms with Crippen LogP contribution in [0.5, 0.6) is 0 Å². The van der Waals surface area contributed by atoms with Gasteiger partial charge in [0.15, 0.2) is 0 Å². The Balaban J connectivity index is 1.77. The number of aromatic nitrogens is 1. The van der Waals surface area contributed by atoms with Crippen LogP contribution in [-0.2, 0) is 9.53 Å². The van der Waals surface area contributed by atoms with Crippen LogP contribution in [0, 0.1) is 0 Å². The van der Waals surface area contributed by atoms with Crippen molar-refractivity contribution in [2.24, 2.45) is 5.73 Å². The molecule has 0 aromatic carbocycles. The Labute approximate surface area is 113 Å². The third-order valence-electron chi connectivity index (χ3n) is 3.09. The van der Waals surface area contributed by atoms with Crippen molar-refractivity contribution >= 4 is 11.7 Å². The number of hydrogen-bond acceptors (Lipinski definition) is 5. The van der Waals surface area contributed by atoms with E-state index in [0.29, 0.717) is 26.2 Å². The Morgan fingerprint density at radius 3 is 2.74 bits per heavy atom. The van der Waals surface area contributed by atoms with Crippen molar-refractivity contribution in [1.29, 1.82) is 0 Å². The molecule has 0 saturated carbocycles. The lowest BCUT2D eigenvalue weighted by molar-refractivity contribution is -0.136. The molecule has 1 aliphatic rings. The van der Waals surface area contributed by atoms with Crippen molar-refractivity contribution in [3.05, 3.63) is 24.4 Å². The smallest absolute Gasteiger partial charge is 0.248 e. The Morgan fingerprint density at radius 1 is 1.32 bits per heavy atom. The highest BCUT2D eigenvalue weighted by molar-refractivity contribution is 5.77. The third-order valence-corrected chi connectivity index (χ3v) is 3.09. The van der Waals surface area contributed by atoms with Crippen molar-refractivity contribution in [3.8, 4) is 0 Å². The van der Waals surface area contributed by atoms with E-state index in [1.54, 1.807) is 6.20 Å². The molecule has 2 N–H and O–H groups in total. The van der Waals surface area contributed by atoms with Crippen LogP contribution in [0.1, 0.15) is 0 Å². The summed E-state index contributed by atoms with van der Waals surface area (Å²) in [7, 11) is 0. The monoisotopic (exact) mass is 264 g/mol. The highest BCUT2D eigenvalue weighted by atomic mass is 16.5. The predicted molar refractivity (Wildman–Crippen MR) is 72.9 cm³/mol. The molecule has 0 unspecified atom stereocenters. The average Bonchev–Trinajstić information content (AvgIpc) is 2.48. The lowest BCUT2D eigenvalue weighted by atomic mass is 10.3. The molecule has 0 atom stereocenters. The molecule has 1 aromatic heterocycles. The minimum absolute atomic E-state index is 0.0362. The van der Waals surface area contributed by atoms with Crippen molar-refractivity contribution in [2.75, 3.05) is 50.8 Å². The standard InChI is InChI=1S/C13H20N4O2/c14-4-10-19-11-13(18)17-8-6-16(7-9-17)12-3-1-2-5-15-12/h1-3,5H,4,6-11,14H2. The van der Waals surface area contributed by atoms with E-state index in [4.69, 9.17) is 10.5 Å². The maximum absolute atomic E-state index is 11.8. The Bertz CT molecular complexity index is 391. The van der Waals surface area contributed by atoms with E-state index >= 15 is 0 Å². The topological polar surface area (TPSA) is 71.7 Å². The van der Waals surface area contributed by atoms with Gasteiger partial charge in [-0.2, -0.15) is 0 Å². The molecule has 19 heavy (non-hydrogen) atoms. The van der Waals surface area contributed by atoms with Crippen molar-refractivity contribution in [3.63, 3.8) is 0 Å². The van der Waals surface area contributed by atoms with Gasteiger partial charge < -0.3 is 20.3 Å². The summed E-state index contributed by atoms with van der Waals surface area (Å²) in [4.78, 5) is 20.2. The molecule has 0 aliphatic carbocycles. The zero-order chi connectivity index (χ0) is 13.5. The fourth-order valence-corrected chi connectivity index (χ4v) is 2.06. The number of pyridine rings is 1. The largest absolute Gasteiger partial charge is 0.370 e. The lowest BCUT2D eigenvalue weighted by Crippen LogP contribution is -2.50. The summed E-state index contributed by atoms with van der Waals surface area (Å²) in [6, 6.07) is 5.86. The van der Waals surface area contributed by atoms with Crippen LogP contribution in [0.15, 0.2) is 24.4 Å². The van der Waals surface area contributed by atoms with Crippen LogP contribution in [-0.4, -0.2) is 61.7 Å². The highest BCUT2D eigenvalue weighted by Crippen LogP contribution is 2.12. The molecule has 1 amide bonds. The molecule has 1 aliphatic heterocycles. The van der Waals surface area contributed by atoms with Gasteiger partial charge in [0.1, 0.15) is 12.4 Å². The number of hydrogen-bond donors (Lipinski definition) is 1. The van der Waals surface area contributed by atoms with E-state index in [1.165, 1.54) is 0 Å². The van der Waals surface area contributed by atoms with Gasteiger partial charge in [0.05, 0.1) is 6.61 Å². The normalized spacial score (nSPS) is 15.6. The van der Waals surface area contributed by atoms with Crippen LogP contribution in [0.4, 0.5) is 5.82 Å². The molecule has 6 nitrogen and oxygen atoms in total. The summed E-state index contributed by atoms with van der Waals surface area (Å²) >= 11 is 0. The van der Waals surface area contributed by atoms with E-state index in [2.05, 4.69) is 9.88 Å². The molecule has 1 aromatic rings. The van der Waals surface area contributed by atoms with Crippen LogP contribution < -0.4 is 10.6 Å². The molecule has 2 rings (SSSR count). The van der Waals surface area contributed by atoms with Gasteiger partial charge in [-0.1, -0.05) is 6.07 Å². The molecule has 6 heteroatoms. The molecule has 2 heterocycles. The maximum Gasteiger partial charge on any atom is 0.248 e. The van der Waals surface area contributed by atoms with E-state index in [-0.39, 0.29) is 12.5 Å². The molecule has 0 bridgehead atoms. The lowest BCUT2D eigenvalue weighted by Gasteiger charge is -2.35. The predicted octanol–water partition coefficient (Wildman–Crippen LogP) is -0.294. The molecular formula is C13H20N4O2. The van der Waals surface area contributed by atoms with Crippen LogP contribution >= 0.6 is 0 Å². The van der Waals surface area contributed by atoms with Crippen LogP contribution in [0.3, 0.4) is 0 Å². The van der Waals surface area contributed by atoms with Crippen molar-refractivity contribution in [1.82, 2.24) is 9.88 Å². The number of rotatable bonds is 5. The zero-order valence-corrected chi connectivity index (χ0v) is 11.0. The summed E-state index contributed by atoms with van der Waals surface area (Å²) in [6.07, 6.45) is 1.79. The summed E-state index contributed by atoms with van der Waals surface area (Å²) in [5, 5.41) is 0.